The quantitative estimate of drug-likeness (QED) is 0.494. The van der Waals surface area contributed by atoms with Gasteiger partial charge in [-0.3, -0.25) is 14.9 Å². The number of aromatic nitrogens is 4. The van der Waals surface area contributed by atoms with Gasteiger partial charge in [-0.2, -0.15) is 5.10 Å². The Labute approximate surface area is 207 Å². The van der Waals surface area contributed by atoms with Crippen LogP contribution in [0.2, 0.25) is 5.02 Å². The van der Waals surface area contributed by atoms with Crippen LogP contribution in [0, 0.1) is 19.8 Å². The van der Waals surface area contributed by atoms with Crippen molar-refractivity contribution in [1.29, 1.82) is 0 Å². The van der Waals surface area contributed by atoms with E-state index in [1.165, 1.54) is 12.5 Å². The molecule has 0 saturated heterocycles. The second-order valence-electron chi connectivity index (χ2n) is 8.06. The highest BCUT2D eigenvalue weighted by Gasteiger charge is 2.42. The van der Waals surface area contributed by atoms with Crippen molar-refractivity contribution in [3.8, 4) is 5.69 Å². The Kier molecular flexibility index (Phi) is 8.01. The number of rotatable bonds is 6. The molecule has 4 rings (SSSR count). The molecular formula is C23H24Cl2N6O3. The van der Waals surface area contributed by atoms with Gasteiger partial charge < -0.3 is 5.32 Å². The van der Waals surface area contributed by atoms with Gasteiger partial charge in [-0.1, -0.05) is 11.6 Å². The molecule has 2 N–H and O–H groups in total. The fourth-order valence-corrected chi connectivity index (χ4v) is 4.41. The Hall–Kier alpha value is -3.30. The van der Waals surface area contributed by atoms with Crippen LogP contribution in [0.3, 0.4) is 0 Å². The fourth-order valence-electron chi connectivity index (χ4n) is 4.27. The van der Waals surface area contributed by atoms with Gasteiger partial charge in [0.05, 0.1) is 16.9 Å². The molecule has 9 nitrogen and oxygen atoms in total. The van der Waals surface area contributed by atoms with Crippen molar-refractivity contribution in [2.24, 2.45) is 5.92 Å². The van der Waals surface area contributed by atoms with Crippen LogP contribution < -0.4 is 10.6 Å². The van der Waals surface area contributed by atoms with E-state index in [2.05, 4.69) is 25.7 Å². The number of anilines is 1. The lowest BCUT2D eigenvalue weighted by Crippen LogP contribution is -2.31. The summed E-state index contributed by atoms with van der Waals surface area (Å²) in [5.74, 6) is -1.01. The summed E-state index contributed by atoms with van der Waals surface area (Å²) in [6.45, 7) is 4.05. The Bertz CT molecular complexity index is 1190. The number of carbonyl (C=O) groups is 3. The third-order valence-corrected chi connectivity index (χ3v) is 5.94. The molecule has 0 spiro atoms. The highest BCUT2D eigenvalue weighted by Crippen LogP contribution is 2.37. The Morgan fingerprint density at radius 1 is 1.24 bits per heavy atom. The molecule has 0 bridgehead atoms. The van der Waals surface area contributed by atoms with Crippen molar-refractivity contribution in [2.45, 2.75) is 32.6 Å². The summed E-state index contributed by atoms with van der Waals surface area (Å²) < 4.78 is 1.66. The molecule has 2 amide bonds. The lowest BCUT2D eigenvalue weighted by Gasteiger charge is -2.17. The number of hydrogen-bond acceptors (Lipinski definition) is 6. The van der Waals surface area contributed by atoms with Crippen molar-refractivity contribution in [3.05, 3.63) is 64.8 Å². The molecule has 0 aliphatic heterocycles. The molecule has 1 saturated carbocycles. The Morgan fingerprint density at radius 2 is 1.97 bits per heavy atom. The third-order valence-electron chi connectivity index (χ3n) is 5.74. The number of nitrogens with one attached hydrogen (secondary N) is 2. The first-order chi connectivity index (χ1) is 15.8. The molecule has 1 aliphatic carbocycles. The van der Waals surface area contributed by atoms with Gasteiger partial charge in [0.15, 0.2) is 5.78 Å². The van der Waals surface area contributed by atoms with Crippen molar-refractivity contribution >= 4 is 47.4 Å². The minimum Gasteiger partial charge on any atom is -0.338 e. The fraction of sp³-hybridized carbons (Fsp3) is 0.304. The van der Waals surface area contributed by atoms with Gasteiger partial charge in [-0.15, -0.1) is 12.4 Å². The van der Waals surface area contributed by atoms with Crippen molar-refractivity contribution in [1.82, 2.24) is 25.1 Å². The molecule has 1 aromatic carbocycles. The maximum atomic E-state index is 13.1. The number of urea groups is 1. The van der Waals surface area contributed by atoms with Crippen LogP contribution in [0.4, 0.5) is 10.6 Å². The van der Waals surface area contributed by atoms with E-state index < -0.39 is 17.9 Å². The van der Waals surface area contributed by atoms with E-state index in [0.29, 0.717) is 17.3 Å². The normalized spacial score (nSPS) is 17.4. The topological polar surface area (TPSA) is 119 Å². The number of amides is 2. The number of hydrogen-bond donors (Lipinski definition) is 2. The summed E-state index contributed by atoms with van der Waals surface area (Å²) in [5.41, 5.74) is 3.27. The predicted octanol–water partition coefficient (Wildman–Crippen LogP) is 3.81. The summed E-state index contributed by atoms with van der Waals surface area (Å²) in [4.78, 5) is 45.7. The van der Waals surface area contributed by atoms with E-state index in [4.69, 9.17) is 11.6 Å². The largest absolute Gasteiger partial charge is 0.338 e. The minimum atomic E-state index is -0.778. The maximum Gasteiger partial charge on any atom is 0.320 e. The monoisotopic (exact) mass is 502 g/mol. The van der Waals surface area contributed by atoms with Crippen LogP contribution in [0.15, 0.2) is 43.1 Å². The Balaban J connectivity index is 0.00000324. The van der Waals surface area contributed by atoms with E-state index in [1.54, 1.807) is 23.1 Å². The molecule has 2 atom stereocenters. The Morgan fingerprint density at radius 3 is 2.59 bits per heavy atom. The van der Waals surface area contributed by atoms with E-state index in [-0.39, 0.29) is 36.9 Å². The maximum absolute atomic E-state index is 13.1. The number of ketones is 2. The van der Waals surface area contributed by atoms with E-state index >= 15 is 0 Å². The molecule has 2 heterocycles. The third kappa shape index (κ3) is 5.43. The van der Waals surface area contributed by atoms with Gasteiger partial charge in [0, 0.05) is 31.3 Å². The SMILES string of the molecule is Cc1cc(-n2cc(Cl)cn2)cc(C)c1C1C(=O)CC(CCNC(=O)Nc2ccncn2)C1=O.Cl. The number of carbonyl (C=O) groups excluding carboxylic acids is 3. The second-order valence-corrected chi connectivity index (χ2v) is 8.50. The van der Waals surface area contributed by atoms with E-state index in [0.717, 1.165) is 22.4 Å². The molecular weight excluding hydrogens is 479 g/mol. The van der Waals surface area contributed by atoms with Crippen LogP contribution in [-0.4, -0.2) is 43.9 Å². The molecule has 34 heavy (non-hydrogen) atoms. The first-order valence-corrected chi connectivity index (χ1v) is 10.9. The number of aryl methyl sites for hydroxylation is 2. The van der Waals surface area contributed by atoms with E-state index in [9.17, 15) is 14.4 Å². The van der Waals surface area contributed by atoms with Crippen molar-refractivity contribution < 1.29 is 14.4 Å². The van der Waals surface area contributed by atoms with E-state index in [1.807, 2.05) is 26.0 Å². The number of halogens is 2. The van der Waals surface area contributed by atoms with Gasteiger partial charge in [-0.25, -0.2) is 19.4 Å². The minimum absolute atomic E-state index is 0. The number of benzene rings is 1. The van der Waals surface area contributed by atoms with Gasteiger partial charge >= 0.3 is 6.03 Å². The molecule has 178 valence electrons. The summed E-state index contributed by atoms with van der Waals surface area (Å²) in [6.07, 6.45) is 6.67. The lowest BCUT2D eigenvalue weighted by atomic mass is 9.87. The zero-order valence-corrected chi connectivity index (χ0v) is 20.2. The molecule has 2 aromatic heterocycles. The molecule has 1 fully saturated rings. The van der Waals surface area contributed by atoms with Gasteiger partial charge in [0.1, 0.15) is 23.8 Å². The van der Waals surface area contributed by atoms with Crippen LogP contribution in [0.1, 0.15) is 35.4 Å². The van der Waals surface area contributed by atoms with Crippen LogP contribution >= 0.6 is 24.0 Å². The van der Waals surface area contributed by atoms with Gasteiger partial charge in [-0.05, 0) is 55.2 Å². The summed E-state index contributed by atoms with van der Waals surface area (Å²) in [5, 5.41) is 10.0. The summed E-state index contributed by atoms with van der Waals surface area (Å²) in [7, 11) is 0. The highest BCUT2D eigenvalue weighted by molar-refractivity contribution is 6.30. The zero-order chi connectivity index (χ0) is 23.5. The smallest absolute Gasteiger partial charge is 0.320 e. The molecule has 3 aromatic rings. The standard InChI is InChI=1S/C23H23ClN6O3.ClH/c1-13-7-17(30-11-16(24)10-28-30)8-14(2)20(13)21-18(31)9-15(22(21)32)3-6-26-23(33)29-19-4-5-25-12-27-19;/h4-5,7-8,10-12,15,21H,3,6,9H2,1-2H3,(H2,25,26,27,29,33);1H. The first-order valence-electron chi connectivity index (χ1n) is 10.5. The van der Waals surface area contributed by atoms with Crippen LogP contribution in [-0.2, 0) is 9.59 Å². The van der Waals surface area contributed by atoms with Crippen molar-refractivity contribution in [3.63, 3.8) is 0 Å². The molecule has 0 radical (unpaired) electrons. The molecule has 2 unspecified atom stereocenters. The second kappa shape index (κ2) is 10.8. The van der Waals surface area contributed by atoms with Gasteiger partial charge in [0.25, 0.3) is 0 Å². The molecule has 1 aliphatic rings. The summed E-state index contributed by atoms with van der Waals surface area (Å²) >= 11 is 5.97. The van der Waals surface area contributed by atoms with Crippen LogP contribution in [0.25, 0.3) is 5.69 Å². The first kappa shape index (κ1) is 25.3. The lowest BCUT2D eigenvalue weighted by molar-refractivity contribution is -0.124. The van der Waals surface area contributed by atoms with Crippen molar-refractivity contribution in [2.75, 3.05) is 11.9 Å². The summed E-state index contributed by atoms with van der Waals surface area (Å²) in [6, 6.07) is 4.94. The number of Topliss-reactive ketones (excluding diaryl/α,β-unsaturated/α-hetero) is 2. The van der Waals surface area contributed by atoms with Gasteiger partial charge in [0.2, 0.25) is 0 Å². The average Bonchev–Trinajstić information content (AvgIpc) is 3.32. The predicted molar refractivity (Wildman–Crippen MR) is 130 cm³/mol. The van der Waals surface area contributed by atoms with Crippen LogP contribution in [0.5, 0.6) is 0 Å². The average molecular weight is 503 g/mol. The zero-order valence-electron chi connectivity index (χ0n) is 18.6. The number of nitrogens with zero attached hydrogens (tertiary/aromatic N) is 4. The molecule has 11 heteroatoms. The highest BCUT2D eigenvalue weighted by atomic mass is 35.5.